The highest BCUT2D eigenvalue weighted by molar-refractivity contribution is 5.29. The Morgan fingerprint density at radius 3 is 2.93 bits per heavy atom. The second-order valence-corrected chi connectivity index (χ2v) is 3.23. The van der Waals surface area contributed by atoms with Gasteiger partial charge in [0.05, 0.1) is 6.54 Å². The molecule has 0 atom stereocenters. The van der Waals surface area contributed by atoms with Crippen LogP contribution in [-0.4, -0.2) is 14.8 Å². The van der Waals surface area contributed by atoms with Crippen molar-refractivity contribution < 1.29 is 0 Å². The summed E-state index contributed by atoms with van der Waals surface area (Å²) in [6, 6.07) is 5.79. The van der Waals surface area contributed by atoms with Gasteiger partial charge in [0.15, 0.2) is 0 Å². The second kappa shape index (κ2) is 3.49. The first-order valence-electron chi connectivity index (χ1n) is 4.44. The lowest BCUT2D eigenvalue weighted by Gasteiger charge is -2.02. The molecule has 0 aliphatic rings. The van der Waals surface area contributed by atoms with Gasteiger partial charge in [-0.1, -0.05) is 6.07 Å². The summed E-state index contributed by atoms with van der Waals surface area (Å²) in [5.74, 6) is 0.561. The lowest BCUT2D eigenvalue weighted by molar-refractivity contribution is 0.666. The molecule has 0 fully saturated rings. The molecule has 4 nitrogen and oxygen atoms in total. The van der Waals surface area contributed by atoms with Crippen molar-refractivity contribution in [2.24, 2.45) is 0 Å². The normalized spacial score (nSPS) is 10.4. The maximum Gasteiger partial charge on any atom is 0.145 e. The predicted octanol–water partition coefficient (Wildman–Crippen LogP) is 1.22. The van der Waals surface area contributed by atoms with Crippen molar-refractivity contribution in [2.45, 2.75) is 13.5 Å². The van der Waals surface area contributed by atoms with E-state index in [4.69, 9.17) is 5.73 Å². The van der Waals surface area contributed by atoms with Gasteiger partial charge in [0.25, 0.3) is 0 Å². The summed E-state index contributed by atoms with van der Waals surface area (Å²) in [5, 5.41) is 4.17. The standard InChI is InChI=1S/C10H12N4/c1-8-5-10(11)13-14(8)7-9-3-2-4-12-6-9/h2-6H,7H2,1H3,(H2,11,13). The summed E-state index contributed by atoms with van der Waals surface area (Å²) in [5.41, 5.74) is 7.77. The minimum atomic E-state index is 0.561. The zero-order chi connectivity index (χ0) is 9.97. The highest BCUT2D eigenvalue weighted by atomic mass is 15.3. The van der Waals surface area contributed by atoms with E-state index < -0.39 is 0 Å². The number of hydrogen-bond donors (Lipinski definition) is 1. The molecule has 0 radical (unpaired) electrons. The lowest BCUT2D eigenvalue weighted by atomic mass is 10.3. The number of nitrogens with zero attached hydrogens (tertiary/aromatic N) is 3. The van der Waals surface area contributed by atoms with E-state index in [-0.39, 0.29) is 0 Å². The summed E-state index contributed by atoms with van der Waals surface area (Å²) in [6.45, 7) is 2.70. The fraction of sp³-hybridized carbons (Fsp3) is 0.200. The van der Waals surface area contributed by atoms with Gasteiger partial charge in [0.1, 0.15) is 5.82 Å². The Labute approximate surface area is 82.4 Å². The fourth-order valence-corrected chi connectivity index (χ4v) is 1.36. The molecule has 0 spiro atoms. The van der Waals surface area contributed by atoms with E-state index in [1.807, 2.05) is 36.0 Å². The highest BCUT2D eigenvalue weighted by Crippen LogP contribution is 2.07. The fourth-order valence-electron chi connectivity index (χ4n) is 1.36. The number of nitrogens with two attached hydrogens (primary N) is 1. The van der Waals surface area contributed by atoms with Crippen LogP contribution in [0.2, 0.25) is 0 Å². The second-order valence-electron chi connectivity index (χ2n) is 3.23. The number of rotatable bonds is 2. The van der Waals surface area contributed by atoms with E-state index in [0.29, 0.717) is 5.82 Å². The van der Waals surface area contributed by atoms with E-state index in [0.717, 1.165) is 17.8 Å². The van der Waals surface area contributed by atoms with Crippen LogP contribution in [0.5, 0.6) is 0 Å². The number of hydrogen-bond acceptors (Lipinski definition) is 3. The quantitative estimate of drug-likeness (QED) is 0.770. The third kappa shape index (κ3) is 1.74. The number of pyridine rings is 1. The smallest absolute Gasteiger partial charge is 0.145 e. The van der Waals surface area contributed by atoms with Crippen LogP contribution in [0, 0.1) is 6.92 Å². The summed E-state index contributed by atoms with van der Waals surface area (Å²) in [6.07, 6.45) is 3.59. The minimum Gasteiger partial charge on any atom is -0.382 e. The molecule has 0 amide bonds. The molecule has 2 rings (SSSR count). The monoisotopic (exact) mass is 188 g/mol. The number of nitrogen functional groups attached to an aromatic ring is 1. The van der Waals surface area contributed by atoms with Crippen LogP contribution in [-0.2, 0) is 6.54 Å². The molecule has 14 heavy (non-hydrogen) atoms. The molecular weight excluding hydrogens is 176 g/mol. The van der Waals surface area contributed by atoms with Gasteiger partial charge in [-0.25, -0.2) is 0 Å². The third-order valence-corrected chi connectivity index (χ3v) is 2.06. The van der Waals surface area contributed by atoms with E-state index in [1.54, 1.807) is 6.20 Å². The summed E-state index contributed by atoms with van der Waals surface area (Å²) < 4.78 is 1.87. The molecule has 2 aromatic heterocycles. The zero-order valence-electron chi connectivity index (χ0n) is 8.01. The summed E-state index contributed by atoms with van der Waals surface area (Å²) >= 11 is 0. The molecule has 0 bridgehead atoms. The highest BCUT2D eigenvalue weighted by Gasteiger charge is 2.01. The molecule has 2 aromatic rings. The number of aromatic nitrogens is 3. The molecule has 0 aliphatic carbocycles. The molecular formula is C10H12N4. The van der Waals surface area contributed by atoms with E-state index in [9.17, 15) is 0 Å². The number of aryl methyl sites for hydroxylation is 1. The largest absolute Gasteiger partial charge is 0.382 e. The molecule has 4 heteroatoms. The molecule has 0 aliphatic heterocycles. The average Bonchev–Trinajstić information content (AvgIpc) is 2.47. The Bertz CT molecular complexity index is 419. The zero-order valence-corrected chi connectivity index (χ0v) is 8.01. The van der Waals surface area contributed by atoms with Crippen LogP contribution in [0.15, 0.2) is 30.6 Å². The average molecular weight is 188 g/mol. The maximum atomic E-state index is 5.59. The van der Waals surface area contributed by atoms with Gasteiger partial charge in [0, 0.05) is 24.2 Å². The maximum absolute atomic E-state index is 5.59. The van der Waals surface area contributed by atoms with Crippen LogP contribution in [0.1, 0.15) is 11.3 Å². The van der Waals surface area contributed by atoms with Crippen LogP contribution >= 0.6 is 0 Å². The van der Waals surface area contributed by atoms with Gasteiger partial charge in [0.2, 0.25) is 0 Å². The van der Waals surface area contributed by atoms with Crippen LogP contribution in [0.25, 0.3) is 0 Å². The Hall–Kier alpha value is -1.84. The van der Waals surface area contributed by atoms with Crippen LogP contribution in [0.3, 0.4) is 0 Å². The van der Waals surface area contributed by atoms with Crippen molar-refractivity contribution in [1.29, 1.82) is 0 Å². The van der Waals surface area contributed by atoms with E-state index in [2.05, 4.69) is 10.1 Å². The van der Waals surface area contributed by atoms with Crippen LogP contribution in [0.4, 0.5) is 5.82 Å². The lowest BCUT2D eigenvalue weighted by Crippen LogP contribution is -2.04. The Morgan fingerprint density at radius 1 is 1.50 bits per heavy atom. The van der Waals surface area contributed by atoms with E-state index in [1.165, 1.54) is 0 Å². The van der Waals surface area contributed by atoms with Gasteiger partial charge in [-0.2, -0.15) is 5.10 Å². The molecule has 0 aromatic carbocycles. The Balaban J connectivity index is 2.23. The molecule has 2 heterocycles. The predicted molar refractivity (Wildman–Crippen MR) is 54.7 cm³/mol. The minimum absolute atomic E-state index is 0.561. The molecule has 0 saturated carbocycles. The van der Waals surface area contributed by atoms with Gasteiger partial charge >= 0.3 is 0 Å². The van der Waals surface area contributed by atoms with Crippen LogP contribution < -0.4 is 5.73 Å². The molecule has 0 saturated heterocycles. The first-order valence-corrected chi connectivity index (χ1v) is 4.44. The summed E-state index contributed by atoms with van der Waals surface area (Å²) in [7, 11) is 0. The van der Waals surface area contributed by atoms with Crippen molar-refractivity contribution in [3.05, 3.63) is 41.9 Å². The van der Waals surface area contributed by atoms with Gasteiger partial charge in [-0.3, -0.25) is 9.67 Å². The van der Waals surface area contributed by atoms with Crippen molar-refractivity contribution in [3.63, 3.8) is 0 Å². The van der Waals surface area contributed by atoms with Crippen molar-refractivity contribution in [2.75, 3.05) is 5.73 Å². The Morgan fingerprint density at radius 2 is 2.36 bits per heavy atom. The van der Waals surface area contributed by atoms with Crippen molar-refractivity contribution in [1.82, 2.24) is 14.8 Å². The van der Waals surface area contributed by atoms with E-state index >= 15 is 0 Å². The topological polar surface area (TPSA) is 56.7 Å². The third-order valence-electron chi connectivity index (χ3n) is 2.06. The molecule has 2 N–H and O–H groups in total. The first kappa shape index (κ1) is 8.74. The Kier molecular flexibility index (Phi) is 2.18. The van der Waals surface area contributed by atoms with Gasteiger partial charge in [-0.05, 0) is 18.6 Å². The molecule has 0 unspecified atom stereocenters. The SMILES string of the molecule is Cc1cc(N)nn1Cc1cccnc1. The van der Waals surface area contributed by atoms with Crippen molar-refractivity contribution >= 4 is 5.82 Å². The number of anilines is 1. The van der Waals surface area contributed by atoms with Gasteiger partial charge in [-0.15, -0.1) is 0 Å². The first-order chi connectivity index (χ1) is 6.75. The van der Waals surface area contributed by atoms with Crippen molar-refractivity contribution in [3.8, 4) is 0 Å². The molecule has 72 valence electrons. The summed E-state index contributed by atoms with van der Waals surface area (Å²) in [4.78, 5) is 4.04. The van der Waals surface area contributed by atoms with Gasteiger partial charge < -0.3 is 5.73 Å².